The normalized spacial score (nSPS) is 16.9. The predicted molar refractivity (Wildman–Crippen MR) is 133 cm³/mol. The topological polar surface area (TPSA) is 65.8 Å². The maximum absolute atomic E-state index is 13.0. The van der Waals surface area contributed by atoms with Crippen LogP contribution in [0.2, 0.25) is 0 Å². The molecule has 2 aliphatic rings. The predicted octanol–water partition coefficient (Wildman–Crippen LogP) is 4.98. The summed E-state index contributed by atoms with van der Waals surface area (Å²) in [4.78, 5) is 19.8. The van der Waals surface area contributed by atoms with Crippen LogP contribution in [0.15, 0.2) is 60.7 Å². The van der Waals surface area contributed by atoms with Gasteiger partial charge in [0.25, 0.3) is 0 Å². The molecule has 0 N–H and O–H groups in total. The van der Waals surface area contributed by atoms with E-state index in [0.717, 1.165) is 28.3 Å². The van der Waals surface area contributed by atoms with E-state index >= 15 is 0 Å². The number of anilines is 1. The van der Waals surface area contributed by atoms with Crippen molar-refractivity contribution in [2.75, 3.05) is 24.8 Å². The maximum Gasteiger partial charge on any atom is 0.231 e. The maximum atomic E-state index is 13.0. The summed E-state index contributed by atoms with van der Waals surface area (Å²) in [5.74, 6) is 3.24. The van der Waals surface area contributed by atoms with Gasteiger partial charge in [-0.1, -0.05) is 18.2 Å². The lowest BCUT2D eigenvalue weighted by atomic mass is 10.1. The Morgan fingerprint density at radius 1 is 1.00 bits per heavy atom. The first-order valence-corrected chi connectivity index (χ1v) is 11.9. The van der Waals surface area contributed by atoms with Gasteiger partial charge >= 0.3 is 0 Å². The van der Waals surface area contributed by atoms with E-state index in [0.29, 0.717) is 37.6 Å². The van der Waals surface area contributed by atoms with Crippen LogP contribution in [-0.4, -0.2) is 35.4 Å². The molecule has 0 aliphatic carbocycles. The Morgan fingerprint density at radius 2 is 1.86 bits per heavy atom. The molecule has 1 saturated heterocycles. The average molecular weight is 470 g/mol. The standard InChI is InChI=1S/C28H27N3O4/c1-18-7-9-22(13-19(18)2)33-12-11-30-24-6-4-3-5-23(24)29-28(30)20-14-27(32)31(16-20)21-8-10-25-26(15-21)35-17-34-25/h3-10,13,15,20H,11-12,14,16-17H2,1-2H3. The number of fused-ring (bicyclic) bond motifs is 2. The summed E-state index contributed by atoms with van der Waals surface area (Å²) in [5.41, 5.74) is 5.27. The number of amides is 1. The third-order valence-electron chi connectivity index (χ3n) is 6.90. The Kier molecular flexibility index (Phi) is 5.32. The molecular formula is C28H27N3O4. The molecule has 0 bridgehead atoms. The number of imidazole rings is 1. The summed E-state index contributed by atoms with van der Waals surface area (Å²) >= 11 is 0. The lowest BCUT2D eigenvalue weighted by Crippen LogP contribution is -2.24. The second-order valence-corrected chi connectivity index (χ2v) is 9.15. The lowest BCUT2D eigenvalue weighted by Gasteiger charge is -2.18. The molecule has 6 rings (SSSR count). The molecule has 7 nitrogen and oxygen atoms in total. The highest BCUT2D eigenvalue weighted by Gasteiger charge is 2.35. The van der Waals surface area contributed by atoms with Gasteiger partial charge < -0.3 is 23.7 Å². The number of rotatable bonds is 6. The third-order valence-corrected chi connectivity index (χ3v) is 6.90. The zero-order valence-corrected chi connectivity index (χ0v) is 19.9. The smallest absolute Gasteiger partial charge is 0.231 e. The summed E-state index contributed by atoms with van der Waals surface area (Å²) in [6, 6.07) is 19.9. The van der Waals surface area contributed by atoms with Crippen molar-refractivity contribution in [1.82, 2.24) is 9.55 Å². The lowest BCUT2D eigenvalue weighted by molar-refractivity contribution is -0.117. The average Bonchev–Trinajstić information content (AvgIpc) is 3.58. The molecule has 7 heteroatoms. The van der Waals surface area contributed by atoms with Crippen molar-refractivity contribution in [3.8, 4) is 17.2 Å². The van der Waals surface area contributed by atoms with Crippen LogP contribution in [0.1, 0.15) is 29.3 Å². The molecule has 0 spiro atoms. The van der Waals surface area contributed by atoms with Gasteiger partial charge in [-0.2, -0.15) is 0 Å². The number of carbonyl (C=O) groups is 1. The van der Waals surface area contributed by atoms with Gasteiger partial charge in [0, 0.05) is 30.6 Å². The number of carbonyl (C=O) groups excluding carboxylic acids is 1. The number of benzene rings is 3. The molecule has 35 heavy (non-hydrogen) atoms. The summed E-state index contributed by atoms with van der Waals surface area (Å²) in [5, 5.41) is 0. The van der Waals surface area contributed by atoms with Crippen LogP contribution >= 0.6 is 0 Å². The summed E-state index contributed by atoms with van der Waals surface area (Å²) in [6.07, 6.45) is 0.412. The van der Waals surface area contributed by atoms with Crippen LogP contribution in [0, 0.1) is 13.8 Å². The molecule has 1 atom stereocenters. The molecule has 2 aliphatic heterocycles. The van der Waals surface area contributed by atoms with E-state index in [-0.39, 0.29) is 18.6 Å². The van der Waals surface area contributed by atoms with E-state index in [2.05, 4.69) is 36.6 Å². The Morgan fingerprint density at radius 3 is 2.74 bits per heavy atom. The van der Waals surface area contributed by atoms with Crippen molar-refractivity contribution in [2.45, 2.75) is 32.7 Å². The van der Waals surface area contributed by atoms with Gasteiger partial charge in [-0.3, -0.25) is 4.79 Å². The number of aryl methyl sites for hydroxylation is 2. The Labute approximate surface area is 203 Å². The number of nitrogens with zero attached hydrogens (tertiary/aromatic N) is 3. The summed E-state index contributed by atoms with van der Waals surface area (Å²) in [7, 11) is 0. The van der Waals surface area contributed by atoms with E-state index in [1.807, 2.05) is 47.4 Å². The fourth-order valence-corrected chi connectivity index (χ4v) is 4.88. The van der Waals surface area contributed by atoms with Crippen molar-refractivity contribution in [1.29, 1.82) is 0 Å². The minimum absolute atomic E-state index is 0.0121. The monoisotopic (exact) mass is 469 g/mol. The van der Waals surface area contributed by atoms with E-state index in [4.69, 9.17) is 19.2 Å². The van der Waals surface area contributed by atoms with Gasteiger partial charge in [0.2, 0.25) is 12.7 Å². The van der Waals surface area contributed by atoms with E-state index < -0.39 is 0 Å². The van der Waals surface area contributed by atoms with Crippen molar-refractivity contribution in [3.05, 3.63) is 77.6 Å². The summed E-state index contributed by atoms with van der Waals surface area (Å²) in [6.45, 7) is 6.13. The van der Waals surface area contributed by atoms with Gasteiger partial charge in [-0.15, -0.1) is 0 Å². The molecule has 3 aromatic carbocycles. The van der Waals surface area contributed by atoms with Crippen molar-refractivity contribution < 1.29 is 19.0 Å². The first kappa shape index (κ1) is 21.5. The molecule has 1 aromatic heterocycles. The molecule has 3 heterocycles. The molecular weight excluding hydrogens is 442 g/mol. The van der Waals surface area contributed by atoms with Crippen LogP contribution in [-0.2, 0) is 11.3 Å². The summed E-state index contributed by atoms with van der Waals surface area (Å²) < 4.78 is 19.2. The zero-order chi connectivity index (χ0) is 23.9. The molecule has 1 fully saturated rings. The highest BCUT2D eigenvalue weighted by Crippen LogP contribution is 2.39. The minimum Gasteiger partial charge on any atom is -0.492 e. The highest BCUT2D eigenvalue weighted by molar-refractivity contribution is 5.97. The van der Waals surface area contributed by atoms with Crippen LogP contribution < -0.4 is 19.1 Å². The van der Waals surface area contributed by atoms with Crippen molar-refractivity contribution >= 4 is 22.6 Å². The van der Waals surface area contributed by atoms with E-state index in [9.17, 15) is 4.79 Å². The van der Waals surface area contributed by atoms with Gasteiger partial charge in [0.15, 0.2) is 11.5 Å². The fraction of sp³-hybridized carbons (Fsp3) is 0.286. The zero-order valence-electron chi connectivity index (χ0n) is 19.9. The Bertz CT molecular complexity index is 1430. The minimum atomic E-state index is -0.0121. The number of hydrogen-bond acceptors (Lipinski definition) is 5. The second-order valence-electron chi connectivity index (χ2n) is 9.15. The first-order chi connectivity index (χ1) is 17.1. The molecule has 1 unspecified atom stereocenters. The van der Waals surface area contributed by atoms with E-state index in [1.54, 1.807) is 0 Å². The molecule has 4 aromatic rings. The van der Waals surface area contributed by atoms with Gasteiger partial charge in [-0.05, 0) is 61.4 Å². The highest BCUT2D eigenvalue weighted by atomic mass is 16.7. The molecule has 1 amide bonds. The van der Waals surface area contributed by atoms with Crippen molar-refractivity contribution in [2.24, 2.45) is 0 Å². The number of hydrogen-bond donors (Lipinski definition) is 0. The number of ether oxygens (including phenoxy) is 3. The van der Waals surface area contributed by atoms with Crippen LogP contribution in [0.5, 0.6) is 17.2 Å². The fourth-order valence-electron chi connectivity index (χ4n) is 4.88. The van der Waals surface area contributed by atoms with Gasteiger partial charge in [-0.25, -0.2) is 4.98 Å². The SMILES string of the molecule is Cc1ccc(OCCn2c(C3CC(=O)N(c4ccc5c(c4)OCO5)C3)nc3ccccc32)cc1C. The van der Waals surface area contributed by atoms with Gasteiger partial charge in [0.1, 0.15) is 18.2 Å². The largest absolute Gasteiger partial charge is 0.492 e. The third kappa shape index (κ3) is 3.97. The quantitative estimate of drug-likeness (QED) is 0.398. The number of para-hydroxylation sites is 2. The van der Waals surface area contributed by atoms with Crippen molar-refractivity contribution in [3.63, 3.8) is 0 Å². The molecule has 178 valence electrons. The van der Waals surface area contributed by atoms with E-state index in [1.165, 1.54) is 11.1 Å². The Balaban J connectivity index is 1.25. The molecule has 0 saturated carbocycles. The van der Waals surface area contributed by atoms with Crippen LogP contribution in [0.4, 0.5) is 5.69 Å². The second kappa shape index (κ2) is 8.65. The Hall–Kier alpha value is -4.00. The van der Waals surface area contributed by atoms with Crippen LogP contribution in [0.25, 0.3) is 11.0 Å². The molecule has 0 radical (unpaired) electrons. The van der Waals surface area contributed by atoms with Gasteiger partial charge in [0.05, 0.1) is 17.6 Å². The van der Waals surface area contributed by atoms with Crippen LogP contribution in [0.3, 0.4) is 0 Å². The first-order valence-electron chi connectivity index (χ1n) is 11.9. The number of aromatic nitrogens is 2.